The molecule has 0 saturated heterocycles. The second-order valence-electron chi connectivity index (χ2n) is 9.52. The van der Waals surface area contributed by atoms with Crippen LogP contribution in [-0.2, 0) is 25.9 Å². The van der Waals surface area contributed by atoms with Crippen molar-refractivity contribution in [3.8, 4) is 17.1 Å². The highest BCUT2D eigenvalue weighted by Gasteiger charge is 2.23. The Balaban J connectivity index is 1.22. The first-order chi connectivity index (χ1) is 18.0. The minimum absolute atomic E-state index is 0.257. The van der Waals surface area contributed by atoms with E-state index in [2.05, 4.69) is 35.9 Å². The van der Waals surface area contributed by atoms with Gasteiger partial charge < -0.3 is 25.5 Å². The topological polar surface area (TPSA) is 142 Å². The number of aromatic nitrogens is 7. The van der Waals surface area contributed by atoms with Crippen molar-refractivity contribution in [3.63, 3.8) is 0 Å². The maximum absolute atomic E-state index is 10.1. The zero-order valence-electron chi connectivity index (χ0n) is 20.2. The van der Waals surface area contributed by atoms with E-state index in [4.69, 9.17) is 15.6 Å². The summed E-state index contributed by atoms with van der Waals surface area (Å²) < 4.78 is 9.74. The molecular weight excluding hydrogens is 470 g/mol. The molecule has 0 unspecified atom stereocenters. The van der Waals surface area contributed by atoms with Crippen LogP contribution in [-0.4, -0.2) is 52.1 Å². The highest BCUT2D eigenvalue weighted by Crippen LogP contribution is 2.34. The molecule has 2 aliphatic rings. The molecule has 37 heavy (non-hydrogen) atoms. The summed E-state index contributed by atoms with van der Waals surface area (Å²) in [6.45, 7) is 3.77. The summed E-state index contributed by atoms with van der Waals surface area (Å²) in [6.07, 6.45) is 8.15. The van der Waals surface area contributed by atoms with Crippen LogP contribution in [0.25, 0.3) is 22.0 Å². The van der Waals surface area contributed by atoms with Crippen molar-refractivity contribution in [1.82, 2.24) is 34.3 Å². The third-order valence-corrected chi connectivity index (χ3v) is 7.12. The van der Waals surface area contributed by atoms with E-state index in [1.807, 2.05) is 36.1 Å². The molecule has 7 rings (SSSR count). The summed E-state index contributed by atoms with van der Waals surface area (Å²) in [7, 11) is 0. The number of nitrogen functional groups attached to an aromatic ring is 1. The smallest absolute Gasteiger partial charge is 0.216 e. The quantitative estimate of drug-likeness (QED) is 0.344. The molecule has 1 atom stereocenters. The van der Waals surface area contributed by atoms with E-state index in [0.717, 1.165) is 57.8 Å². The molecule has 0 aromatic carbocycles. The van der Waals surface area contributed by atoms with Gasteiger partial charge in [0, 0.05) is 72.4 Å². The first-order valence-electron chi connectivity index (χ1n) is 12.2. The van der Waals surface area contributed by atoms with E-state index in [9.17, 15) is 5.11 Å². The fraction of sp³-hybridized carbons (Fsp3) is 0.269. The summed E-state index contributed by atoms with van der Waals surface area (Å²) in [5, 5.41) is 19.8. The molecular formula is C26H25N9O2. The Morgan fingerprint density at radius 1 is 1.14 bits per heavy atom. The normalized spacial score (nSPS) is 16.4. The number of aryl methyl sites for hydroxylation is 2. The number of fused-ring (bicyclic) bond motifs is 4. The summed E-state index contributed by atoms with van der Waals surface area (Å²) in [6, 6.07) is 5.99. The molecule has 7 heterocycles. The van der Waals surface area contributed by atoms with Crippen LogP contribution in [0.5, 0.6) is 5.88 Å². The molecule has 0 bridgehead atoms. The number of pyridine rings is 3. The number of anilines is 3. The van der Waals surface area contributed by atoms with E-state index in [1.54, 1.807) is 12.4 Å². The molecule has 11 nitrogen and oxygen atoms in total. The second kappa shape index (κ2) is 8.27. The van der Waals surface area contributed by atoms with Crippen LogP contribution in [0.4, 0.5) is 17.5 Å². The third kappa shape index (κ3) is 3.75. The minimum Gasteiger partial charge on any atom is -0.475 e. The van der Waals surface area contributed by atoms with Gasteiger partial charge in [0.05, 0.1) is 18.3 Å². The van der Waals surface area contributed by atoms with Crippen LogP contribution in [0.15, 0.2) is 43.0 Å². The van der Waals surface area contributed by atoms with Crippen molar-refractivity contribution < 1.29 is 9.84 Å². The number of nitrogens with zero attached hydrogens (tertiary/aromatic N) is 7. The van der Waals surface area contributed by atoms with Crippen molar-refractivity contribution in [3.05, 3.63) is 65.6 Å². The van der Waals surface area contributed by atoms with Crippen LogP contribution in [0, 0.1) is 6.92 Å². The Kier molecular flexibility index (Phi) is 4.86. The van der Waals surface area contributed by atoms with Crippen molar-refractivity contribution in [2.24, 2.45) is 0 Å². The van der Waals surface area contributed by atoms with Crippen LogP contribution in [0.1, 0.15) is 22.6 Å². The Morgan fingerprint density at radius 2 is 2.05 bits per heavy atom. The fourth-order valence-electron chi connectivity index (χ4n) is 5.14. The highest BCUT2D eigenvalue weighted by molar-refractivity contribution is 5.94. The molecule has 5 aromatic rings. The monoisotopic (exact) mass is 495 g/mol. The van der Waals surface area contributed by atoms with Crippen LogP contribution >= 0.6 is 0 Å². The number of hydrogen-bond donors (Lipinski definition) is 3. The second-order valence-corrected chi connectivity index (χ2v) is 9.52. The summed E-state index contributed by atoms with van der Waals surface area (Å²) in [5.74, 6) is 3.36. The average Bonchev–Trinajstić information content (AvgIpc) is 3.45. The molecule has 0 aliphatic carbocycles. The summed E-state index contributed by atoms with van der Waals surface area (Å²) >= 11 is 0. The molecule has 2 aliphatic heterocycles. The lowest BCUT2D eigenvalue weighted by Gasteiger charge is -2.23. The lowest BCUT2D eigenvalue weighted by molar-refractivity contribution is 0.0884. The minimum atomic E-state index is -0.544. The molecule has 186 valence electrons. The standard InChI is InChI=1S/C26H25N9O2/c1-14-18-9-17(36)13-37-26(18)30-10-19(14)21-6-15-7-22(29-11-20(15)25(27)31-21)32-23-8-16-2-4-34-5-3-28-24(34)12-35(16)33-23/h3,5-8,10-11,17,36H,2,4,9,12-13H2,1H3,(H2,27,31)(H,29,32,33)/t17-/m1/s1. The molecule has 0 amide bonds. The fourth-order valence-corrected chi connectivity index (χ4v) is 5.14. The predicted octanol–water partition coefficient (Wildman–Crippen LogP) is 2.62. The van der Waals surface area contributed by atoms with Gasteiger partial charge in [-0.15, -0.1) is 0 Å². The number of rotatable bonds is 3. The van der Waals surface area contributed by atoms with Crippen LogP contribution in [0.2, 0.25) is 0 Å². The Bertz CT molecular complexity index is 1670. The maximum Gasteiger partial charge on any atom is 0.216 e. The van der Waals surface area contributed by atoms with Gasteiger partial charge in [0.2, 0.25) is 5.88 Å². The zero-order chi connectivity index (χ0) is 25.1. The van der Waals surface area contributed by atoms with E-state index < -0.39 is 6.10 Å². The average molecular weight is 496 g/mol. The first kappa shape index (κ1) is 21.7. The zero-order valence-corrected chi connectivity index (χ0v) is 20.2. The van der Waals surface area contributed by atoms with E-state index in [1.165, 1.54) is 0 Å². The SMILES string of the molecule is Cc1c(-c2cc3cc(Nc4cc5n(n4)Cc4nccn4CC5)ncc3c(N)n2)cnc2c1C[C@@H](O)CO2. The van der Waals surface area contributed by atoms with E-state index in [0.29, 0.717) is 36.2 Å². The number of nitrogens with one attached hydrogen (secondary N) is 1. The Hall–Kier alpha value is -4.51. The van der Waals surface area contributed by atoms with Crippen molar-refractivity contribution in [1.29, 1.82) is 0 Å². The number of nitrogens with two attached hydrogens (primary N) is 1. The van der Waals surface area contributed by atoms with Gasteiger partial charge in [-0.1, -0.05) is 0 Å². The molecule has 4 N–H and O–H groups in total. The largest absolute Gasteiger partial charge is 0.475 e. The number of aliphatic hydroxyl groups is 1. The van der Waals surface area contributed by atoms with Gasteiger partial charge in [-0.3, -0.25) is 4.68 Å². The molecule has 0 spiro atoms. The van der Waals surface area contributed by atoms with Gasteiger partial charge >= 0.3 is 0 Å². The highest BCUT2D eigenvalue weighted by atomic mass is 16.5. The maximum atomic E-state index is 10.1. The molecule has 0 fully saturated rings. The molecule has 0 saturated carbocycles. The van der Waals surface area contributed by atoms with Gasteiger partial charge in [-0.2, -0.15) is 5.10 Å². The van der Waals surface area contributed by atoms with Gasteiger partial charge in [-0.25, -0.2) is 19.9 Å². The van der Waals surface area contributed by atoms with Gasteiger partial charge in [0.25, 0.3) is 0 Å². The Labute approximate surface area is 212 Å². The van der Waals surface area contributed by atoms with E-state index in [-0.39, 0.29) is 6.61 Å². The lowest BCUT2D eigenvalue weighted by atomic mass is 9.96. The lowest BCUT2D eigenvalue weighted by Crippen LogP contribution is -2.26. The number of ether oxygens (including phenoxy) is 1. The van der Waals surface area contributed by atoms with Gasteiger partial charge in [0.15, 0.2) is 5.82 Å². The third-order valence-electron chi connectivity index (χ3n) is 7.12. The van der Waals surface area contributed by atoms with Crippen LogP contribution in [0.3, 0.4) is 0 Å². The van der Waals surface area contributed by atoms with Crippen molar-refractivity contribution in [2.45, 2.75) is 39.0 Å². The van der Waals surface area contributed by atoms with Crippen molar-refractivity contribution >= 4 is 28.2 Å². The number of imidazole rings is 1. The Morgan fingerprint density at radius 3 is 2.97 bits per heavy atom. The van der Waals surface area contributed by atoms with E-state index >= 15 is 0 Å². The predicted molar refractivity (Wildman–Crippen MR) is 138 cm³/mol. The molecule has 5 aromatic heterocycles. The van der Waals surface area contributed by atoms with Crippen molar-refractivity contribution in [2.75, 3.05) is 17.7 Å². The molecule has 11 heteroatoms. The molecule has 0 radical (unpaired) electrons. The summed E-state index contributed by atoms with van der Waals surface area (Å²) in [4.78, 5) is 18.1. The first-order valence-corrected chi connectivity index (χ1v) is 12.2. The van der Waals surface area contributed by atoms with Gasteiger partial charge in [0.1, 0.15) is 24.1 Å². The number of hydrogen-bond acceptors (Lipinski definition) is 9. The summed E-state index contributed by atoms with van der Waals surface area (Å²) in [5.41, 5.74) is 10.9. The number of aliphatic hydroxyl groups excluding tert-OH is 1. The van der Waals surface area contributed by atoms with Crippen LogP contribution < -0.4 is 15.8 Å². The van der Waals surface area contributed by atoms with Gasteiger partial charge in [-0.05, 0) is 30.0 Å².